The molecule has 1 amide bonds. The van der Waals surface area contributed by atoms with Gasteiger partial charge in [-0.2, -0.15) is 0 Å². The second kappa shape index (κ2) is 11.9. The molecule has 2 aliphatic heterocycles. The largest absolute Gasteiger partial charge is 0.497 e. The van der Waals surface area contributed by atoms with Gasteiger partial charge in [0.05, 0.1) is 18.2 Å². The maximum Gasteiger partial charge on any atom is 0.252 e. The number of rotatable bonds is 9. The van der Waals surface area contributed by atoms with E-state index in [0.717, 1.165) is 55.9 Å². The number of pyridine rings is 1. The first-order chi connectivity index (χ1) is 18.6. The second-order valence-electron chi connectivity index (χ2n) is 9.77. The van der Waals surface area contributed by atoms with Gasteiger partial charge in [0.2, 0.25) is 0 Å². The Morgan fingerprint density at radius 1 is 1.03 bits per heavy atom. The standard InChI is InChI=1S/C29H36N4O5/c1-3-30-29(35)24-18-28(34)33(25-17-22(36-2)5-6-23(24)25)13-12-32-10-8-21(9-11-32)31-19-20-4-7-26-27(16-20)38-15-14-37-26/h4-7,16-18,21,31H,3,8-15,19H2,1-2H3,(H,30,35). The molecule has 0 spiro atoms. The van der Waals surface area contributed by atoms with Crippen molar-refractivity contribution in [2.75, 3.05) is 46.5 Å². The number of piperidine rings is 1. The van der Waals surface area contributed by atoms with Gasteiger partial charge in [-0.1, -0.05) is 6.07 Å². The van der Waals surface area contributed by atoms with E-state index in [9.17, 15) is 9.59 Å². The molecule has 2 aliphatic rings. The minimum atomic E-state index is -0.238. The fraction of sp³-hybridized carbons (Fsp3) is 0.448. The Bertz CT molecular complexity index is 1350. The van der Waals surface area contributed by atoms with Crippen LogP contribution in [0.3, 0.4) is 0 Å². The van der Waals surface area contributed by atoms with Gasteiger partial charge in [0, 0.05) is 49.7 Å². The average Bonchev–Trinajstić information content (AvgIpc) is 2.95. The first-order valence-corrected chi connectivity index (χ1v) is 13.4. The van der Waals surface area contributed by atoms with Crippen LogP contribution in [-0.2, 0) is 13.1 Å². The third-order valence-corrected chi connectivity index (χ3v) is 7.33. The predicted molar refractivity (Wildman–Crippen MR) is 147 cm³/mol. The van der Waals surface area contributed by atoms with Crippen LogP contribution < -0.4 is 30.4 Å². The summed E-state index contributed by atoms with van der Waals surface area (Å²) in [5.74, 6) is 2.06. The van der Waals surface area contributed by atoms with Crippen molar-refractivity contribution in [3.8, 4) is 17.2 Å². The zero-order chi connectivity index (χ0) is 26.5. The number of methoxy groups -OCH3 is 1. The highest BCUT2D eigenvalue weighted by Crippen LogP contribution is 2.31. The number of carbonyl (C=O) groups is 1. The second-order valence-corrected chi connectivity index (χ2v) is 9.77. The lowest BCUT2D eigenvalue weighted by Gasteiger charge is -2.32. The Balaban J connectivity index is 1.19. The molecular weight excluding hydrogens is 484 g/mol. The molecule has 0 saturated carbocycles. The van der Waals surface area contributed by atoms with Crippen molar-refractivity contribution in [2.24, 2.45) is 0 Å². The number of nitrogens with zero attached hydrogens (tertiary/aromatic N) is 2. The van der Waals surface area contributed by atoms with Gasteiger partial charge in [-0.05, 0) is 62.7 Å². The fourth-order valence-corrected chi connectivity index (χ4v) is 5.22. The van der Waals surface area contributed by atoms with Gasteiger partial charge >= 0.3 is 0 Å². The number of ether oxygens (including phenoxy) is 3. The van der Waals surface area contributed by atoms with Gasteiger partial charge in [-0.25, -0.2) is 0 Å². The zero-order valence-corrected chi connectivity index (χ0v) is 22.1. The summed E-state index contributed by atoms with van der Waals surface area (Å²) in [5, 5.41) is 7.24. The van der Waals surface area contributed by atoms with Crippen molar-refractivity contribution < 1.29 is 19.0 Å². The first kappa shape index (κ1) is 26.1. The summed E-state index contributed by atoms with van der Waals surface area (Å²) in [7, 11) is 1.60. The Morgan fingerprint density at radius 2 is 1.82 bits per heavy atom. The maximum atomic E-state index is 13.1. The number of likely N-dealkylation sites (tertiary alicyclic amines) is 1. The smallest absolute Gasteiger partial charge is 0.252 e. The number of hydrogen-bond acceptors (Lipinski definition) is 7. The molecule has 0 radical (unpaired) electrons. The molecule has 9 heteroatoms. The Morgan fingerprint density at radius 3 is 2.58 bits per heavy atom. The van der Waals surface area contributed by atoms with Crippen LogP contribution in [0, 0.1) is 0 Å². The third kappa shape index (κ3) is 5.79. The molecule has 2 aromatic carbocycles. The molecule has 0 unspecified atom stereocenters. The van der Waals surface area contributed by atoms with Gasteiger partial charge in [0.25, 0.3) is 11.5 Å². The Labute approximate surface area is 222 Å². The number of amides is 1. The molecule has 9 nitrogen and oxygen atoms in total. The molecule has 2 N–H and O–H groups in total. The quantitative estimate of drug-likeness (QED) is 0.448. The van der Waals surface area contributed by atoms with Crippen molar-refractivity contribution in [3.63, 3.8) is 0 Å². The van der Waals surface area contributed by atoms with E-state index in [1.807, 2.05) is 31.2 Å². The van der Waals surface area contributed by atoms with Gasteiger partial charge in [0.15, 0.2) is 11.5 Å². The van der Waals surface area contributed by atoms with Crippen LogP contribution in [-0.4, -0.2) is 67.9 Å². The molecule has 0 bridgehead atoms. The van der Waals surface area contributed by atoms with E-state index < -0.39 is 0 Å². The normalized spacial score (nSPS) is 15.9. The molecule has 1 saturated heterocycles. The lowest BCUT2D eigenvalue weighted by Crippen LogP contribution is -2.43. The van der Waals surface area contributed by atoms with E-state index in [2.05, 4.69) is 27.7 Å². The number of carbonyl (C=O) groups excluding carboxylic acids is 1. The van der Waals surface area contributed by atoms with Gasteiger partial charge in [-0.15, -0.1) is 0 Å². The molecule has 1 aromatic heterocycles. The summed E-state index contributed by atoms with van der Waals surface area (Å²) in [6.45, 7) is 7.59. The molecule has 5 rings (SSSR count). The van der Waals surface area contributed by atoms with Gasteiger partial charge in [0.1, 0.15) is 19.0 Å². The van der Waals surface area contributed by atoms with Gasteiger partial charge in [-0.3, -0.25) is 9.59 Å². The lowest BCUT2D eigenvalue weighted by atomic mass is 10.0. The molecule has 202 valence electrons. The summed E-state index contributed by atoms with van der Waals surface area (Å²) in [6, 6.07) is 13.5. The van der Waals surface area contributed by atoms with Crippen molar-refractivity contribution in [2.45, 2.75) is 38.9 Å². The fourth-order valence-electron chi connectivity index (χ4n) is 5.22. The third-order valence-electron chi connectivity index (χ3n) is 7.33. The lowest BCUT2D eigenvalue weighted by molar-refractivity contribution is 0.0957. The van der Waals surface area contributed by atoms with Crippen LogP contribution in [0.4, 0.5) is 0 Å². The van der Waals surface area contributed by atoms with E-state index in [1.165, 1.54) is 11.6 Å². The highest BCUT2D eigenvalue weighted by molar-refractivity contribution is 6.06. The van der Waals surface area contributed by atoms with Crippen LogP contribution in [0.2, 0.25) is 0 Å². The SMILES string of the molecule is CCNC(=O)c1cc(=O)n(CCN2CCC(NCc3ccc4c(c3)OCCO4)CC2)c2cc(OC)ccc12. The Kier molecular flexibility index (Phi) is 8.14. The van der Waals surface area contributed by atoms with E-state index in [1.54, 1.807) is 11.7 Å². The van der Waals surface area contributed by atoms with Crippen molar-refractivity contribution in [3.05, 3.63) is 63.9 Å². The monoisotopic (exact) mass is 520 g/mol. The van der Waals surface area contributed by atoms with Crippen molar-refractivity contribution >= 4 is 16.8 Å². The Hall–Kier alpha value is -3.56. The van der Waals surface area contributed by atoms with E-state index in [-0.39, 0.29) is 11.5 Å². The average molecular weight is 521 g/mol. The maximum absolute atomic E-state index is 13.1. The van der Waals surface area contributed by atoms with Crippen molar-refractivity contribution in [1.29, 1.82) is 0 Å². The summed E-state index contributed by atoms with van der Waals surface area (Å²) in [6.07, 6.45) is 2.09. The minimum Gasteiger partial charge on any atom is -0.497 e. The van der Waals surface area contributed by atoms with Crippen LogP contribution in [0.15, 0.2) is 47.3 Å². The van der Waals surface area contributed by atoms with Crippen LogP contribution in [0.25, 0.3) is 10.9 Å². The minimum absolute atomic E-state index is 0.178. The van der Waals surface area contributed by atoms with E-state index in [4.69, 9.17) is 14.2 Å². The zero-order valence-electron chi connectivity index (χ0n) is 22.1. The summed E-state index contributed by atoms with van der Waals surface area (Å²) >= 11 is 0. The molecule has 3 aromatic rings. The highest BCUT2D eigenvalue weighted by Gasteiger charge is 2.21. The van der Waals surface area contributed by atoms with Crippen LogP contribution >= 0.6 is 0 Å². The first-order valence-electron chi connectivity index (χ1n) is 13.4. The summed E-state index contributed by atoms with van der Waals surface area (Å²) in [4.78, 5) is 28.1. The molecular formula is C29H36N4O5. The number of hydrogen-bond donors (Lipinski definition) is 2. The van der Waals surface area contributed by atoms with Crippen LogP contribution in [0.5, 0.6) is 17.2 Å². The number of nitrogens with one attached hydrogen (secondary N) is 2. The van der Waals surface area contributed by atoms with Gasteiger partial charge < -0.3 is 34.3 Å². The molecule has 0 aliphatic carbocycles. The summed E-state index contributed by atoms with van der Waals surface area (Å²) < 4.78 is 18.5. The molecule has 1 fully saturated rings. The van der Waals surface area contributed by atoms with E-state index >= 15 is 0 Å². The molecule has 0 atom stereocenters. The number of aromatic nitrogens is 1. The topological polar surface area (TPSA) is 94.1 Å². The summed E-state index contributed by atoms with van der Waals surface area (Å²) in [5.41, 5.74) is 2.13. The number of benzene rings is 2. The van der Waals surface area contributed by atoms with Crippen LogP contribution in [0.1, 0.15) is 35.7 Å². The highest BCUT2D eigenvalue weighted by atomic mass is 16.6. The van der Waals surface area contributed by atoms with E-state index in [0.29, 0.717) is 49.2 Å². The predicted octanol–water partition coefficient (Wildman–Crippen LogP) is 2.79. The number of fused-ring (bicyclic) bond motifs is 2. The van der Waals surface area contributed by atoms with Crippen molar-refractivity contribution in [1.82, 2.24) is 20.1 Å². The molecule has 38 heavy (non-hydrogen) atoms. The molecule has 3 heterocycles.